The van der Waals surface area contributed by atoms with Crippen molar-refractivity contribution in [3.63, 3.8) is 0 Å². The summed E-state index contributed by atoms with van der Waals surface area (Å²) < 4.78 is 32.2. The van der Waals surface area contributed by atoms with Crippen molar-refractivity contribution in [3.8, 4) is 5.75 Å². The molecule has 21 heavy (non-hydrogen) atoms. The Morgan fingerprint density at radius 2 is 1.86 bits per heavy atom. The van der Waals surface area contributed by atoms with Crippen LogP contribution in [0.2, 0.25) is 0 Å². The second-order valence-corrected chi connectivity index (χ2v) is 5.15. The highest BCUT2D eigenvalue weighted by Gasteiger charge is 2.04. The summed E-state index contributed by atoms with van der Waals surface area (Å²) in [5.74, 6) is -0.0254. The molecule has 112 valence electrons. The van der Waals surface area contributed by atoms with Crippen LogP contribution in [-0.4, -0.2) is 6.10 Å². The molecule has 0 aliphatic heterocycles. The van der Waals surface area contributed by atoms with E-state index in [0.717, 1.165) is 23.4 Å². The van der Waals surface area contributed by atoms with Gasteiger partial charge in [-0.25, -0.2) is 8.78 Å². The molecular weight excluding hydrogens is 272 g/mol. The zero-order valence-electron chi connectivity index (χ0n) is 12.2. The predicted octanol–water partition coefficient (Wildman–Crippen LogP) is 4.04. The van der Waals surface area contributed by atoms with E-state index in [1.165, 1.54) is 6.07 Å². The third kappa shape index (κ3) is 4.83. The molecule has 0 aliphatic carbocycles. The van der Waals surface area contributed by atoms with Gasteiger partial charge in [-0.15, -0.1) is 0 Å². The second kappa shape index (κ2) is 7.18. The molecule has 0 radical (unpaired) electrons. The molecule has 0 aliphatic rings. The van der Waals surface area contributed by atoms with Crippen LogP contribution in [0.3, 0.4) is 0 Å². The smallest absolute Gasteiger partial charge is 0.127 e. The Bertz CT molecular complexity index is 599. The fraction of sp³-hybridized carbons (Fsp3) is 0.294. The molecule has 0 amide bonds. The largest absolute Gasteiger partial charge is 0.491 e. The summed E-state index contributed by atoms with van der Waals surface area (Å²) in [5, 5.41) is 3.10. The van der Waals surface area contributed by atoms with Gasteiger partial charge in [-0.3, -0.25) is 0 Å². The van der Waals surface area contributed by atoms with Crippen LogP contribution in [0.1, 0.15) is 25.0 Å². The highest BCUT2D eigenvalue weighted by molar-refractivity contribution is 5.28. The van der Waals surface area contributed by atoms with E-state index in [1.807, 2.05) is 38.1 Å². The van der Waals surface area contributed by atoms with E-state index < -0.39 is 11.6 Å². The number of hydrogen-bond acceptors (Lipinski definition) is 2. The molecular formula is C17H19F2NO. The summed E-state index contributed by atoms with van der Waals surface area (Å²) in [7, 11) is 0. The van der Waals surface area contributed by atoms with Gasteiger partial charge in [0.15, 0.2) is 0 Å². The average Bonchev–Trinajstić information content (AvgIpc) is 2.42. The summed E-state index contributed by atoms with van der Waals surface area (Å²) in [6.07, 6.45) is 0.120. The summed E-state index contributed by atoms with van der Waals surface area (Å²) in [5.41, 5.74) is 1.36. The number of benzene rings is 2. The summed E-state index contributed by atoms with van der Waals surface area (Å²) in [4.78, 5) is 0. The van der Waals surface area contributed by atoms with Crippen LogP contribution in [0.4, 0.5) is 8.78 Å². The van der Waals surface area contributed by atoms with Crippen LogP contribution in [0, 0.1) is 11.6 Å². The third-order valence-electron chi connectivity index (χ3n) is 2.92. The lowest BCUT2D eigenvalue weighted by Crippen LogP contribution is -2.14. The van der Waals surface area contributed by atoms with Crippen molar-refractivity contribution >= 4 is 0 Å². The molecule has 0 bridgehead atoms. The van der Waals surface area contributed by atoms with Crippen LogP contribution >= 0.6 is 0 Å². The first-order valence-electron chi connectivity index (χ1n) is 6.95. The van der Waals surface area contributed by atoms with Gasteiger partial charge in [0, 0.05) is 18.7 Å². The maximum absolute atomic E-state index is 13.5. The molecule has 0 spiro atoms. The van der Waals surface area contributed by atoms with Crippen molar-refractivity contribution < 1.29 is 13.5 Å². The highest BCUT2D eigenvalue weighted by atomic mass is 19.1. The minimum atomic E-state index is -0.430. The van der Waals surface area contributed by atoms with Gasteiger partial charge in [-0.2, -0.15) is 0 Å². The maximum atomic E-state index is 13.5. The normalized spacial score (nSPS) is 10.9. The highest BCUT2D eigenvalue weighted by Crippen LogP contribution is 2.15. The van der Waals surface area contributed by atoms with Gasteiger partial charge in [0.1, 0.15) is 17.4 Å². The first kappa shape index (κ1) is 15.4. The number of nitrogens with one attached hydrogen (secondary N) is 1. The monoisotopic (exact) mass is 291 g/mol. The molecule has 0 aromatic heterocycles. The van der Waals surface area contributed by atoms with Gasteiger partial charge >= 0.3 is 0 Å². The van der Waals surface area contributed by atoms with Gasteiger partial charge in [0.2, 0.25) is 0 Å². The van der Waals surface area contributed by atoms with E-state index in [9.17, 15) is 8.78 Å². The zero-order chi connectivity index (χ0) is 15.2. The minimum Gasteiger partial charge on any atom is -0.491 e. The third-order valence-corrected chi connectivity index (χ3v) is 2.92. The standard InChI is InChI=1S/C17H19F2NO/c1-12(2)21-16-5-3-4-13(8-16)10-20-11-14-9-15(18)6-7-17(14)19/h3-9,12,20H,10-11H2,1-2H3. The number of ether oxygens (including phenoxy) is 1. The van der Waals surface area contributed by atoms with Crippen molar-refractivity contribution in [1.29, 1.82) is 0 Å². The van der Waals surface area contributed by atoms with Crippen molar-refractivity contribution in [2.24, 2.45) is 0 Å². The first-order chi connectivity index (χ1) is 10.0. The van der Waals surface area contributed by atoms with E-state index >= 15 is 0 Å². The number of rotatable bonds is 6. The van der Waals surface area contributed by atoms with E-state index in [0.29, 0.717) is 12.1 Å². The Kier molecular flexibility index (Phi) is 5.28. The summed E-state index contributed by atoms with van der Waals surface area (Å²) in [6.45, 7) is 4.78. The molecule has 4 heteroatoms. The summed E-state index contributed by atoms with van der Waals surface area (Å²) in [6, 6.07) is 11.2. The quantitative estimate of drug-likeness (QED) is 0.867. The van der Waals surface area contributed by atoms with Crippen LogP contribution in [0.5, 0.6) is 5.75 Å². The molecule has 0 heterocycles. The van der Waals surface area contributed by atoms with Crippen LogP contribution in [0.15, 0.2) is 42.5 Å². The predicted molar refractivity (Wildman–Crippen MR) is 79.1 cm³/mol. The Hall–Kier alpha value is -1.94. The molecule has 0 fully saturated rings. The van der Waals surface area contributed by atoms with Gasteiger partial charge in [-0.05, 0) is 49.7 Å². The SMILES string of the molecule is CC(C)Oc1cccc(CNCc2cc(F)ccc2F)c1. The Morgan fingerprint density at radius 3 is 2.62 bits per heavy atom. The summed E-state index contributed by atoms with van der Waals surface area (Å²) >= 11 is 0. The van der Waals surface area contributed by atoms with Crippen LogP contribution in [0.25, 0.3) is 0 Å². The van der Waals surface area contributed by atoms with Gasteiger partial charge in [-0.1, -0.05) is 12.1 Å². The minimum absolute atomic E-state index is 0.120. The van der Waals surface area contributed by atoms with Gasteiger partial charge < -0.3 is 10.1 Å². The van der Waals surface area contributed by atoms with Crippen LogP contribution in [-0.2, 0) is 13.1 Å². The molecule has 2 aromatic rings. The molecule has 0 unspecified atom stereocenters. The Labute approximate surface area is 123 Å². The fourth-order valence-corrected chi connectivity index (χ4v) is 2.02. The van der Waals surface area contributed by atoms with E-state index in [4.69, 9.17) is 4.74 Å². The Balaban J connectivity index is 1.92. The van der Waals surface area contributed by atoms with Crippen molar-refractivity contribution in [2.45, 2.75) is 33.0 Å². The average molecular weight is 291 g/mol. The van der Waals surface area contributed by atoms with E-state index in [2.05, 4.69) is 5.32 Å². The lowest BCUT2D eigenvalue weighted by molar-refractivity contribution is 0.242. The molecule has 2 nitrogen and oxygen atoms in total. The van der Waals surface area contributed by atoms with E-state index in [-0.39, 0.29) is 12.6 Å². The topological polar surface area (TPSA) is 21.3 Å². The van der Waals surface area contributed by atoms with Crippen molar-refractivity contribution in [1.82, 2.24) is 5.32 Å². The molecule has 0 saturated heterocycles. The van der Waals surface area contributed by atoms with Crippen molar-refractivity contribution in [3.05, 3.63) is 65.2 Å². The molecule has 2 aromatic carbocycles. The molecule has 0 atom stereocenters. The second-order valence-electron chi connectivity index (χ2n) is 5.15. The molecule has 2 rings (SSSR count). The lowest BCUT2D eigenvalue weighted by atomic mass is 10.2. The molecule has 1 N–H and O–H groups in total. The number of halogens is 2. The van der Waals surface area contributed by atoms with E-state index in [1.54, 1.807) is 0 Å². The zero-order valence-corrected chi connectivity index (χ0v) is 12.2. The van der Waals surface area contributed by atoms with Gasteiger partial charge in [0.05, 0.1) is 6.10 Å². The fourth-order valence-electron chi connectivity index (χ4n) is 2.02. The maximum Gasteiger partial charge on any atom is 0.127 e. The lowest BCUT2D eigenvalue weighted by Gasteiger charge is -2.11. The first-order valence-corrected chi connectivity index (χ1v) is 6.95. The number of hydrogen-bond donors (Lipinski definition) is 1. The van der Waals surface area contributed by atoms with Crippen molar-refractivity contribution in [2.75, 3.05) is 0 Å². The van der Waals surface area contributed by atoms with Gasteiger partial charge in [0.25, 0.3) is 0 Å². The Morgan fingerprint density at radius 1 is 1.05 bits per heavy atom. The van der Waals surface area contributed by atoms with Crippen LogP contribution < -0.4 is 10.1 Å². The molecule has 0 saturated carbocycles.